The van der Waals surface area contributed by atoms with Crippen LogP contribution in [-0.4, -0.2) is 27.2 Å². The molecule has 0 saturated carbocycles. The minimum Gasteiger partial charge on any atom is -0.416 e. The first-order valence-electron chi connectivity index (χ1n) is 4.37. The monoisotopic (exact) mass is 301 g/mol. The van der Waals surface area contributed by atoms with Crippen molar-refractivity contribution >= 4 is 33.5 Å². The van der Waals surface area contributed by atoms with Crippen LogP contribution in [0.5, 0.6) is 0 Å². The van der Waals surface area contributed by atoms with Crippen LogP contribution in [-0.2, 0) is 0 Å². The van der Waals surface area contributed by atoms with E-state index in [1.54, 1.807) is 14.0 Å². The molecule has 0 atom stereocenters. The van der Waals surface area contributed by atoms with Gasteiger partial charge in [-0.15, -0.1) is 10.2 Å². The molecule has 1 N–H and O–H groups in total. The topological polar surface area (TPSA) is 76.7 Å². The molecule has 8 heteroatoms. The average molecular weight is 302 g/mol. The normalized spacial score (nSPS) is 10.4. The van der Waals surface area contributed by atoms with Gasteiger partial charge in [0.1, 0.15) is 17.2 Å². The maximum Gasteiger partial charge on any atom is 0.282 e. The van der Waals surface area contributed by atoms with E-state index in [2.05, 4.69) is 41.4 Å². The first-order valence-corrected chi connectivity index (χ1v) is 5.98. The number of halogens is 1. The molecule has 2 heterocycles. The Balaban J connectivity index is 2.28. The summed E-state index contributed by atoms with van der Waals surface area (Å²) < 4.78 is 6.03. The molecule has 0 aromatic carbocycles. The lowest BCUT2D eigenvalue weighted by atomic mass is 10.6. The number of nitrogens with zero attached hydrogens (tertiary/aromatic N) is 4. The minimum atomic E-state index is 0.457. The molecule has 2 aromatic rings. The van der Waals surface area contributed by atoms with Gasteiger partial charge in [-0.1, -0.05) is 0 Å². The van der Waals surface area contributed by atoms with E-state index >= 15 is 0 Å². The molecule has 0 fully saturated rings. The third-order valence-electron chi connectivity index (χ3n) is 1.69. The van der Waals surface area contributed by atoms with Crippen molar-refractivity contribution in [2.75, 3.05) is 12.4 Å². The zero-order valence-corrected chi connectivity index (χ0v) is 11.0. The summed E-state index contributed by atoms with van der Waals surface area (Å²) in [6.07, 6.45) is 1.47. The fraction of sp³-hybridized carbons (Fsp3) is 0.250. The summed E-state index contributed by atoms with van der Waals surface area (Å²) in [5, 5.41) is 11.8. The van der Waals surface area contributed by atoms with Gasteiger partial charge in [-0.25, -0.2) is 9.97 Å². The van der Waals surface area contributed by atoms with E-state index in [1.165, 1.54) is 18.1 Å². The van der Waals surface area contributed by atoms with Crippen LogP contribution in [0.4, 0.5) is 5.82 Å². The highest BCUT2D eigenvalue weighted by molar-refractivity contribution is 9.10. The first-order chi connectivity index (χ1) is 7.70. The van der Waals surface area contributed by atoms with Gasteiger partial charge in [-0.3, -0.25) is 0 Å². The zero-order valence-electron chi connectivity index (χ0n) is 8.56. The predicted molar refractivity (Wildman–Crippen MR) is 62.4 cm³/mol. The van der Waals surface area contributed by atoms with Gasteiger partial charge in [0, 0.05) is 14.0 Å². The van der Waals surface area contributed by atoms with Crippen molar-refractivity contribution in [3.8, 4) is 0 Å². The molecule has 0 aliphatic heterocycles. The van der Waals surface area contributed by atoms with E-state index in [-0.39, 0.29) is 0 Å². The van der Waals surface area contributed by atoms with E-state index in [1.807, 2.05) is 0 Å². The molecule has 2 aromatic heterocycles. The molecule has 0 bridgehead atoms. The van der Waals surface area contributed by atoms with Crippen molar-refractivity contribution in [2.45, 2.75) is 17.2 Å². The van der Waals surface area contributed by atoms with E-state index in [4.69, 9.17) is 4.42 Å². The second-order valence-electron chi connectivity index (χ2n) is 2.78. The van der Waals surface area contributed by atoms with Crippen LogP contribution in [0.15, 0.2) is 25.5 Å². The molecule has 0 radical (unpaired) electrons. The average Bonchev–Trinajstić information content (AvgIpc) is 2.67. The summed E-state index contributed by atoms with van der Waals surface area (Å²) in [6.45, 7) is 1.74. The van der Waals surface area contributed by atoms with E-state index in [0.29, 0.717) is 16.9 Å². The lowest BCUT2D eigenvalue weighted by Gasteiger charge is -2.04. The van der Waals surface area contributed by atoms with Gasteiger partial charge < -0.3 is 9.73 Å². The highest BCUT2D eigenvalue weighted by atomic mass is 79.9. The Morgan fingerprint density at radius 3 is 2.81 bits per heavy atom. The number of anilines is 1. The van der Waals surface area contributed by atoms with Crippen LogP contribution in [0, 0.1) is 6.92 Å². The van der Waals surface area contributed by atoms with Crippen molar-refractivity contribution < 1.29 is 4.42 Å². The number of nitrogens with one attached hydrogen (secondary N) is 1. The van der Waals surface area contributed by atoms with Crippen molar-refractivity contribution in [3.63, 3.8) is 0 Å². The number of hydrogen-bond donors (Lipinski definition) is 1. The van der Waals surface area contributed by atoms with Gasteiger partial charge in [0.05, 0.1) is 4.47 Å². The molecule has 6 nitrogen and oxygen atoms in total. The van der Waals surface area contributed by atoms with Crippen molar-refractivity contribution in [3.05, 3.63) is 16.7 Å². The Morgan fingerprint density at radius 1 is 1.38 bits per heavy atom. The van der Waals surface area contributed by atoms with Crippen LogP contribution in [0.1, 0.15) is 5.89 Å². The molecule has 2 rings (SSSR count). The van der Waals surface area contributed by atoms with Gasteiger partial charge in [0.15, 0.2) is 0 Å². The molecule has 0 saturated heterocycles. The smallest absolute Gasteiger partial charge is 0.282 e. The highest BCUT2D eigenvalue weighted by Crippen LogP contribution is 2.33. The molecule has 84 valence electrons. The van der Waals surface area contributed by atoms with Crippen LogP contribution in [0.3, 0.4) is 0 Å². The van der Waals surface area contributed by atoms with Gasteiger partial charge >= 0.3 is 0 Å². The fourth-order valence-corrected chi connectivity index (χ4v) is 2.34. The predicted octanol–water partition coefficient (Wildman–Crippen LogP) is 2.12. The Morgan fingerprint density at radius 2 is 2.19 bits per heavy atom. The summed E-state index contributed by atoms with van der Waals surface area (Å²) >= 11 is 4.69. The van der Waals surface area contributed by atoms with Gasteiger partial charge in [-0.05, 0) is 27.7 Å². The van der Waals surface area contributed by atoms with Crippen LogP contribution in [0.25, 0.3) is 0 Å². The summed E-state index contributed by atoms with van der Waals surface area (Å²) in [4.78, 5) is 8.18. The third-order valence-corrected chi connectivity index (χ3v) is 3.54. The molecule has 0 unspecified atom stereocenters. The Labute approximate surface area is 104 Å². The summed E-state index contributed by atoms with van der Waals surface area (Å²) in [5.74, 6) is 1.25. The van der Waals surface area contributed by atoms with E-state index in [0.717, 1.165) is 9.50 Å². The third kappa shape index (κ3) is 2.33. The highest BCUT2D eigenvalue weighted by Gasteiger charge is 2.12. The first kappa shape index (κ1) is 11.3. The summed E-state index contributed by atoms with van der Waals surface area (Å²) in [6, 6.07) is 0. The van der Waals surface area contributed by atoms with Gasteiger partial charge in [-0.2, -0.15) is 0 Å². The molecular formula is C8H8BrN5OS. The maximum absolute atomic E-state index is 5.26. The minimum absolute atomic E-state index is 0.457. The second kappa shape index (κ2) is 4.79. The second-order valence-corrected chi connectivity index (χ2v) is 4.51. The van der Waals surface area contributed by atoms with Crippen molar-refractivity contribution in [2.24, 2.45) is 0 Å². The number of aryl methyl sites for hydroxylation is 1. The largest absolute Gasteiger partial charge is 0.416 e. The summed E-state index contributed by atoms with van der Waals surface area (Å²) in [5.41, 5.74) is 0. The number of rotatable bonds is 3. The van der Waals surface area contributed by atoms with Gasteiger partial charge in [0.25, 0.3) is 5.22 Å². The number of aromatic nitrogens is 4. The van der Waals surface area contributed by atoms with Crippen LogP contribution < -0.4 is 5.32 Å². The van der Waals surface area contributed by atoms with Crippen molar-refractivity contribution in [1.82, 2.24) is 20.2 Å². The van der Waals surface area contributed by atoms with Crippen LogP contribution in [0.2, 0.25) is 0 Å². The molecular weight excluding hydrogens is 294 g/mol. The lowest BCUT2D eigenvalue weighted by Crippen LogP contribution is -1.96. The fourth-order valence-electron chi connectivity index (χ4n) is 1.00. The Hall–Kier alpha value is -1.15. The van der Waals surface area contributed by atoms with E-state index < -0.39 is 0 Å². The maximum atomic E-state index is 5.26. The zero-order chi connectivity index (χ0) is 11.5. The van der Waals surface area contributed by atoms with Gasteiger partial charge in [0.2, 0.25) is 5.89 Å². The quantitative estimate of drug-likeness (QED) is 0.870. The Kier molecular flexibility index (Phi) is 3.39. The number of hydrogen-bond acceptors (Lipinski definition) is 7. The molecule has 0 aliphatic carbocycles. The molecule has 0 aliphatic rings. The van der Waals surface area contributed by atoms with E-state index in [9.17, 15) is 0 Å². The SMILES string of the molecule is CNc1ncnc(Sc2nnc(C)o2)c1Br. The lowest BCUT2D eigenvalue weighted by molar-refractivity contribution is 0.429. The summed E-state index contributed by atoms with van der Waals surface area (Å²) in [7, 11) is 1.79. The van der Waals surface area contributed by atoms with Crippen LogP contribution >= 0.6 is 27.7 Å². The molecule has 16 heavy (non-hydrogen) atoms. The van der Waals surface area contributed by atoms with Crippen molar-refractivity contribution in [1.29, 1.82) is 0 Å². The Bertz CT molecular complexity index is 503. The molecule has 0 spiro atoms. The standard InChI is InChI=1S/C8H8BrN5OS/c1-4-13-14-8(15-4)16-7-5(9)6(10-2)11-3-12-7/h3H,1-2H3,(H,10,11,12). The molecule has 0 amide bonds.